The predicted molar refractivity (Wildman–Crippen MR) is 90.0 cm³/mol. The second-order valence-corrected chi connectivity index (χ2v) is 6.85. The smallest absolute Gasteiger partial charge is 0.306 e. The SMILES string of the molecule is CCOC(=O)C[C@@H]1CC[C@@H](C=O)[C@H](c2ccc(Br)cc2)[C@H]1C=O. The molecule has 0 heterocycles. The van der Waals surface area contributed by atoms with Gasteiger partial charge in [-0.25, -0.2) is 0 Å². The molecule has 0 N–H and O–H groups in total. The van der Waals surface area contributed by atoms with Crippen molar-refractivity contribution in [3.8, 4) is 0 Å². The fourth-order valence-corrected chi connectivity index (χ4v) is 3.80. The van der Waals surface area contributed by atoms with Crippen LogP contribution in [0.5, 0.6) is 0 Å². The lowest BCUT2D eigenvalue weighted by atomic mass is 9.64. The molecule has 0 aromatic heterocycles. The van der Waals surface area contributed by atoms with E-state index in [2.05, 4.69) is 15.9 Å². The molecule has 1 aromatic carbocycles. The van der Waals surface area contributed by atoms with Gasteiger partial charge in [0.15, 0.2) is 0 Å². The maximum Gasteiger partial charge on any atom is 0.306 e. The first-order chi connectivity index (χ1) is 11.1. The van der Waals surface area contributed by atoms with E-state index in [0.29, 0.717) is 19.4 Å². The van der Waals surface area contributed by atoms with E-state index in [4.69, 9.17) is 4.74 Å². The Morgan fingerprint density at radius 2 is 1.91 bits per heavy atom. The van der Waals surface area contributed by atoms with Gasteiger partial charge in [0.2, 0.25) is 0 Å². The molecule has 1 aromatic rings. The van der Waals surface area contributed by atoms with E-state index in [1.165, 1.54) is 0 Å². The summed E-state index contributed by atoms with van der Waals surface area (Å²) in [6.45, 7) is 2.10. The number of hydrogen-bond acceptors (Lipinski definition) is 4. The average Bonchev–Trinajstić information content (AvgIpc) is 2.55. The third kappa shape index (κ3) is 4.28. The van der Waals surface area contributed by atoms with Gasteiger partial charge in [-0.15, -0.1) is 0 Å². The molecule has 0 radical (unpaired) electrons. The second kappa shape index (κ2) is 8.39. The van der Waals surface area contributed by atoms with Crippen LogP contribution in [0.3, 0.4) is 0 Å². The topological polar surface area (TPSA) is 60.4 Å². The zero-order valence-corrected chi connectivity index (χ0v) is 14.7. The van der Waals surface area contributed by atoms with Gasteiger partial charge in [-0.1, -0.05) is 28.1 Å². The monoisotopic (exact) mass is 380 g/mol. The van der Waals surface area contributed by atoms with Crippen LogP contribution in [0.25, 0.3) is 0 Å². The van der Waals surface area contributed by atoms with Crippen LogP contribution in [0.1, 0.15) is 37.7 Å². The van der Waals surface area contributed by atoms with Crippen LogP contribution in [0.15, 0.2) is 28.7 Å². The van der Waals surface area contributed by atoms with Gasteiger partial charge in [0.05, 0.1) is 6.61 Å². The first-order valence-electron chi connectivity index (χ1n) is 7.92. The molecule has 124 valence electrons. The number of carbonyl (C=O) groups excluding carboxylic acids is 3. The van der Waals surface area contributed by atoms with E-state index >= 15 is 0 Å². The van der Waals surface area contributed by atoms with Crippen molar-refractivity contribution in [1.82, 2.24) is 0 Å². The molecule has 0 bridgehead atoms. The third-order valence-corrected chi connectivity index (χ3v) is 5.14. The normalized spacial score (nSPS) is 27.2. The molecule has 4 nitrogen and oxygen atoms in total. The predicted octanol–water partition coefficient (Wildman–Crippen LogP) is 3.53. The number of esters is 1. The van der Waals surface area contributed by atoms with Gasteiger partial charge >= 0.3 is 5.97 Å². The average molecular weight is 381 g/mol. The Hall–Kier alpha value is -1.49. The molecule has 1 aliphatic rings. The van der Waals surface area contributed by atoms with Crippen molar-refractivity contribution in [2.75, 3.05) is 6.61 Å². The Labute approximate surface area is 144 Å². The van der Waals surface area contributed by atoms with Crippen molar-refractivity contribution in [3.05, 3.63) is 34.3 Å². The molecule has 2 rings (SSSR count). The molecule has 0 spiro atoms. The summed E-state index contributed by atoms with van der Waals surface area (Å²) >= 11 is 3.40. The maximum absolute atomic E-state index is 11.8. The zero-order valence-electron chi connectivity index (χ0n) is 13.1. The summed E-state index contributed by atoms with van der Waals surface area (Å²) in [7, 11) is 0. The Morgan fingerprint density at radius 1 is 1.22 bits per heavy atom. The van der Waals surface area contributed by atoms with E-state index < -0.39 is 0 Å². The number of aldehydes is 2. The van der Waals surface area contributed by atoms with Crippen LogP contribution >= 0.6 is 15.9 Å². The second-order valence-electron chi connectivity index (χ2n) is 5.94. The van der Waals surface area contributed by atoms with E-state index in [1.807, 2.05) is 24.3 Å². The molecular formula is C18H21BrO4. The Balaban J connectivity index is 2.26. The Bertz CT molecular complexity index is 555. The minimum absolute atomic E-state index is 0.0728. The number of carbonyl (C=O) groups is 3. The highest BCUT2D eigenvalue weighted by Gasteiger charge is 2.41. The van der Waals surface area contributed by atoms with Crippen LogP contribution in [0.4, 0.5) is 0 Å². The fraction of sp³-hybridized carbons (Fsp3) is 0.500. The van der Waals surface area contributed by atoms with Gasteiger partial charge in [0.25, 0.3) is 0 Å². The van der Waals surface area contributed by atoms with Crippen LogP contribution in [0.2, 0.25) is 0 Å². The van der Waals surface area contributed by atoms with Gasteiger partial charge in [-0.05, 0) is 43.4 Å². The van der Waals surface area contributed by atoms with E-state index in [1.54, 1.807) is 6.92 Å². The lowest BCUT2D eigenvalue weighted by Crippen LogP contribution is -2.36. The maximum atomic E-state index is 11.8. The molecule has 1 fully saturated rings. The molecule has 4 atom stereocenters. The van der Waals surface area contributed by atoms with Crippen molar-refractivity contribution in [2.24, 2.45) is 17.8 Å². The standard InChI is InChI=1S/C18H21BrO4/c1-2-23-17(22)9-13-3-4-14(10-20)18(16(13)11-21)12-5-7-15(19)8-6-12/h5-8,10-11,13-14,16,18H,2-4,9H2,1H3/t13-,14-,16-,18-/m0/s1. The fourth-order valence-electron chi connectivity index (χ4n) is 3.53. The van der Waals surface area contributed by atoms with Gasteiger partial charge in [-0.2, -0.15) is 0 Å². The highest BCUT2D eigenvalue weighted by molar-refractivity contribution is 9.10. The molecule has 0 unspecified atom stereocenters. The molecule has 0 aliphatic heterocycles. The van der Waals surface area contributed by atoms with E-state index in [9.17, 15) is 14.4 Å². The number of rotatable bonds is 6. The first-order valence-corrected chi connectivity index (χ1v) is 8.71. The quantitative estimate of drug-likeness (QED) is 0.559. The summed E-state index contributed by atoms with van der Waals surface area (Å²) in [6.07, 6.45) is 3.48. The molecule has 0 saturated heterocycles. The summed E-state index contributed by atoms with van der Waals surface area (Å²) in [4.78, 5) is 35.0. The minimum atomic E-state index is -0.343. The van der Waals surface area contributed by atoms with Crippen molar-refractivity contribution < 1.29 is 19.1 Å². The Kier molecular flexibility index (Phi) is 6.51. The molecule has 23 heavy (non-hydrogen) atoms. The van der Waals surface area contributed by atoms with Gasteiger partial charge < -0.3 is 14.3 Å². The van der Waals surface area contributed by atoms with Crippen LogP contribution < -0.4 is 0 Å². The Morgan fingerprint density at radius 3 is 2.48 bits per heavy atom. The highest BCUT2D eigenvalue weighted by Crippen LogP contribution is 2.44. The summed E-state index contributed by atoms with van der Waals surface area (Å²) in [5.41, 5.74) is 0.968. The summed E-state index contributed by atoms with van der Waals surface area (Å²) < 4.78 is 5.97. The van der Waals surface area contributed by atoms with Crippen molar-refractivity contribution in [3.63, 3.8) is 0 Å². The van der Waals surface area contributed by atoms with Crippen LogP contribution in [-0.2, 0) is 19.1 Å². The zero-order chi connectivity index (χ0) is 16.8. The van der Waals surface area contributed by atoms with Crippen LogP contribution in [0, 0.1) is 17.8 Å². The molecular weight excluding hydrogens is 360 g/mol. The number of hydrogen-bond donors (Lipinski definition) is 0. The molecule has 1 aliphatic carbocycles. The van der Waals surface area contributed by atoms with Crippen LogP contribution in [-0.4, -0.2) is 25.1 Å². The summed E-state index contributed by atoms with van der Waals surface area (Å²) in [5.74, 6) is -1.06. The number of halogens is 1. The largest absolute Gasteiger partial charge is 0.466 e. The summed E-state index contributed by atoms with van der Waals surface area (Å²) in [5, 5.41) is 0. The van der Waals surface area contributed by atoms with Gasteiger partial charge in [0.1, 0.15) is 12.6 Å². The van der Waals surface area contributed by atoms with Crippen molar-refractivity contribution in [1.29, 1.82) is 0 Å². The van der Waals surface area contributed by atoms with Crippen molar-refractivity contribution >= 4 is 34.5 Å². The van der Waals surface area contributed by atoms with Crippen molar-refractivity contribution in [2.45, 2.75) is 32.1 Å². The first kappa shape index (κ1) is 17.9. The van der Waals surface area contributed by atoms with E-state index in [-0.39, 0.29) is 36.1 Å². The lowest BCUT2D eigenvalue weighted by Gasteiger charge is -2.38. The minimum Gasteiger partial charge on any atom is -0.466 e. The molecule has 5 heteroatoms. The number of ether oxygens (including phenoxy) is 1. The summed E-state index contributed by atoms with van der Waals surface area (Å²) in [6, 6.07) is 7.70. The van der Waals surface area contributed by atoms with Gasteiger partial charge in [-0.3, -0.25) is 4.79 Å². The molecule has 1 saturated carbocycles. The van der Waals surface area contributed by atoms with E-state index in [0.717, 1.165) is 22.6 Å². The third-order valence-electron chi connectivity index (χ3n) is 4.61. The lowest BCUT2D eigenvalue weighted by molar-refractivity contribution is -0.145. The highest BCUT2D eigenvalue weighted by atomic mass is 79.9. The number of benzene rings is 1. The molecule has 0 amide bonds. The van der Waals surface area contributed by atoms with Gasteiger partial charge in [0, 0.05) is 28.6 Å².